The molecule has 2 aromatic rings. The fourth-order valence-corrected chi connectivity index (χ4v) is 2.83. The highest BCUT2D eigenvalue weighted by Crippen LogP contribution is 2.14. The van der Waals surface area contributed by atoms with Crippen LogP contribution in [0.25, 0.3) is 5.65 Å². The summed E-state index contributed by atoms with van der Waals surface area (Å²) >= 11 is 1.61. The molecule has 1 N–H and O–H groups in total. The number of hydrogen-bond acceptors (Lipinski definition) is 4. The highest BCUT2D eigenvalue weighted by molar-refractivity contribution is 7.99. The van der Waals surface area contributed by atoms with Crippen molar-refractivity contribution in [3.8, 4) is 0 Å². The van der Waals surface area contributed by atoms with Gasteiger partial charge in [-0.25, -0.2) is 4.98 Å². The van der Waals surface area contributed by atoms with Gasteiger partial charge in [0.25, 0.3) is 0 Å². The maximum atomic E-state index is 11.9. The molecule has 0 aliphatic carbocycles. The van der Waals surface area contributed by atoms with Gasteiger partial charge < -0.3 is 14.6 Å². The molecule has 0 saturated carbocycles. The zero-order valence-electron chi connectivity index (χ0n) is 13.6. The third-order valence-corrected chi connectivity index (χ3v) is 4.20. The molecule has 1 amide bonds. The summed E-state index contributed by atoms with van der Waals surface area (Å²) < 4.78 is 2.03. The SMILES string of the molecule is CNCCN(C)C(=O)CSCc1cn2cc(C)ccc2n1.Cl.Cl. The Labute approximate surface area is 154 Å². The summed E-state index contributed by atoms with van der Waals surface area (Å²) in [7, 11) is 3.73. The molecule has 0 radical (unpaired) electrons. The molecule has 0 aromatic carbocycles. The highest BCUT2D eigenvalue weighted by atomic mass is 35.5. The number of thioether (sulfide) groups is 1. The van der Waals surface area contributed by atoms with E-state index in [2.05, 4.69) is 29.5 Å². The Bertz CT molecular complexity index is 621. The summed E-state index contributed by atoms with van der Waals surface area (Å²) in [6.45, 7) is 3.62. The van der Waals surface area contributed by atoms with Crippen molar-refractivity contribution in [3.63, 3.8) is 0 Å². The van der Waals surface area contributed by atoms with Crippen molar-refractivity contribution in [2.45, 2.75) is 12.7 Å². The molecule has 2 aromatic heterocycles. The molecule has 0 fully saturated rings. The van der Waals surface area contributed by atoms with E-state index < -0.39 is 0 Å². The summed E-state index contributed by atoms with van der Waals surface area (Å²) in [6, 6.07) is 4.07. The molecule has 0 bridgehead atoms. The van der Waals surface area contributed by atoms with Crippen LogP contribution in [-0.2, 0) is 10.5 Å². The van der Waals surface area contributed by atoms with Crippen LogP contribution in [0, 0.1) is 6.92 Å². The normalized spacial score (nSPS) is 10.0. The maximum absolute atomic E-state index is 11.9. The lowest BCUT2D eigenvalue weighted by Gasteiger charge is -2.16. The third kappa shape index (κ3) is 6.59. The smallest absolute Gasteiger partial charge is 0.232 e. The van der Waals surface area contributed by atoms with Crippen molar-refractivity contribution in [2.75, 3.05) is 32.9 Å². The van der Waals surface area contributed by atoms with Crippen molar-refractivity contribution in [1.82, 2.24) is 19.6 Å². The minimum Gasteiger partial charge on any atom is -0.344 e. The zero-order chi connectivity index (χ0) is 15.2. The number of carbonyl (C=O) groups is 1. The van der Waals surface area contributed by atoms with Gasteiger partial charge in [-0.15, -0.1) is 36.6 Å². The number of pyridine rings is 1. The third-order valence-electron chi connectivity index (χ3n) is 3.25. The molecule has 0 atom stereocenters. The average molecular weight is 379 g/mol. The molecule has 130 valence electrons. The quantitative estimate of drug-likeness (QED) is 0.803. The van der Waals surface area contributed by atoms with Crippen LogP contribution in [0.3, 0.4) is 0 Å². The topological polar surface area (TPSA) is 49.6 Å². The van der Waals surface area contributed by atoms with Crippen LogP contribution in [0.15, 0.2) is 24.5 Å². The second-order valence-corrected chi connectivity index (χ2v) is 6.10. The molecule has 0 saturated heterocycles. The van der Waals surface area contributed by atoms with Gasteiger partial charge in [-0.2, -0.15) is 0 Å². The first-order valence-corrected chi connectivity index (χ1v) is 8.16. The molecule has 0 unspecified atom stereocenters. The zero-order valence-corrected chi connectivity index (χ0v) is 16.1. The molecular weight excluding hydrogens is 355 g/mol. The first-order valence-electron chi connectivity index (χ1n) is 7.00. The summed E-state index contributed by atoms with van der Waals surface area (Å²) in [4.78, 5) is 18.2. The second-order valence-electron chi connectivity index (χ2n) is 5.12. The minimum atomic E-state index is 0. The first-order chi connectivity index (χ1) is 10.1. The van der Waals surface area contributed by atoms with Crippen molar-refractivity contribution in [1.29, 1.82) is 0 Å². The Morgan fingerprint density at radius 1 is 1.35 bits per heavy atom. The van der Waals surface area contributed by atoms with E-state index in [0.717, 1.165) is 30.2 Å². The Hall–Kier alpha value is -0.950. The van der Waals surface area contributed by atoms with E-state index in [0.29, 0.717) is 5.75 Å². The number of carbonyl (C=O) groups excluding carboxylic acids is 1. The number of rotatable bonds is 7. The molecule has 23 heavy (non-hydrogen) atoms. The van der Waals surface area contributed by atoms with Crippen molar-refractivity contribution < 1.29 is 4.79 Å². The Kier molecular flexibility index (Phi) is 10.3. The molecule has 2 heterocycles. The monoisotopic (exact) mass is 378 g/mol. The summed E-state index contributed by atoms with van der Waals surface area (Å²) in [5.74, 6) is 1.41. The number of aryl methyl sites for hydroxylation is 1. The van der Waals surface area contributed by atoms with Crippen LogP contribution >= 0.6 is 36.6 Å². The van der Waals surface area contributed by atoms with Gasteiger partial charge in [0.1, 0.15) is 5.65 Å². The molecule has 2 rings (SSSR count). The lowest BCUT2D eigenvalue weighted by atomic mass is 10.3. The van der Waals surface area contributed by atoms with E-state index in [9.17, 15) is 4.79 Å². The van der Waals surface area contributed by atoms with E-state index >= 15 is 0 Å². The summed E-state index contributed by atoms with van der Waals surface area (Å²) in [6.07, 6.45) is 4.09. The Balaban J connectivity index is 0.00000242. The van der Waals surface area contributed by atoms with Crippen LogP contribution < -0.4 is 5.32 Å². The van der Waals surface area contributed by atoms with Gasteiger partial charge in [-0.05, 0) is 25.6 Å². The van der Waals surface area contributed by atoms with Gasteiger partial charge in [0, 0.05) is 38.3 Å². The number of nitrogens with one attached hydrogen (secondary N) is 1. The minimum absolute atomic E-state index is 0. The number of nitrogens with zero attached hydrogens (tertiary/aromatic N) is 3. The van der Waals surface area contributed by atoms with Crippen LogP contribution in [-0.4, -0.2) is 53.1 Å². The van der Waals surface area contributed by atoms with E-state index in [1.54, 1.807) is 16.7 Å². The molecule has 5 nitrogen and oxygen atoms in total. The van der Waals surface area contributed by atoms with Crippen molar-refractivity contribution in [3.05, 3.63) is 35.8 Å². The van der Waals surface area contributed by atoms with Gasteiger partial charge in [-0.3, -0.25) is 4.79 Å². The lowest BCUT2D eigenvalue weighted by Crippen LogP contribution is -2.33. The van der Waals surface area contributed by atoms with Gasteiger partial charge in [0.05, 0.1) is 11.4 Å². The fraction of sp³-hybridized carbons (Fsp3) is 0.467. The largest absolute Gasteiger partial charge is 0.344 e. The van der Waals surface area contributed by atoms with Crippen LogP contribution in [0.4, 0.5) is 0 Å². The standard InChI is InChI=1S/C15H22N4OS.2ClH/c1-12-4-5-14-17-13(9-19(14)8-12)10-21-11-15(20)18(3)7-6-16-2;;/h4-5,8-9,16H,6-7,10-11H2,1-3H3;2*1H. The van der Waals surface area contributed by atoms with Crippen molar-refractivity contribution in [2.24, 2.45) is 0 Å². The van der Waals surface area contributed by atoms with Gasteiger partial charge in [0.15, 0.2) is 0 Å². The molecule has 0 aliphatic rings. The van der Waals surface area contributed by atoms with E-state index in [1.807, 2.05) is 30.8 Å². The van der Waals surface area contributed by atoms with Gasteiger partial charge in [-0.1, -0.05) is 6.07 Å². The lowest BCUT2D eigenvalue weighted by molar-refractivity contribution is -0.127. The van der Waals surface area contributed by atoms with Gasteiger partial charge >= 0.3 is 0 Å². The predicted octanol–water partition coefficient (Wildman–Crippen LogP) is 2.40. The van der Waals surface area contributed by atoms with Crippen molar-refractivity contribution >= 4 is 48.1 Å². The fourth-order valence-electron chi connectivity index (χ4n) is 1.98. The maximum Gasteiger partial charge on any atom is 0.232 e. The molecule has 0 aliphatic heterocycles. The highest BCUT2D eigenvalue weighted by Gasteiger charge is 2.09. The van der Waals surface area contributed by atoms with Crippen LogP contribution in [0.1, 0.15) is 11.3 Å². The number of amides is 1. The summed E-state index contributed by atoms with van der Waals surface area (Å²) in [5, 5.41) is 3.04. The predicted molar refractivity (Wildman–Crippen MR) is 102 cm³/mol. The summed E-state index contributed by atoms with van der Waals surface area (Å²) in [5.41, 5.74) is 3.17. The average Bonchev–Trinajstić information content (AvgIpc) is 2.86. The number of likely N-dealkylation sites (N-methyl/N-ethyl adjacent to an activating group) is 2. The number of imidazole rings is 1. The van der Waals surface area contributed by atoms with E-state index in [4.69, 9.17) is 0 Å². The number of aromatic nitrogens is 2. The Morgan fingerprint density at radius 2 is 2.09 bits per heavy atom. The molecule has 0 spiro atoms. The Morgan fingerprint density at radius 3 is 2.78 bits per heavy atom. The van der Waals surface area contributed by atoms with E-state index in [1.165, 1.54) is 5.56 Å². The number of halogens is 2. The first kappa shape index (κ1) is 22.1. The van der Waals surface area contributed by atoms with Gasteiger partial charge in [0.2, 0.25) is 5.91 Å². The second kappa shape index (κ2) is 10.8. The van der Waals surface area contributed by atoms with Crippen LogP contribution in [0.2, 0.25) is 0 Å². The number of hydrogen-bond donors (Lipinski definition) is 1. The molecular formula is C15H24Cl2N4OS. The molecule has 8 heteroatoms. The number of fused-ring (bicyclic) bond motifs is 1. The van der Waals surface area contributed by atoms with Crippen LogP contribution in [0.5, 0.6) is 0 Å². The van der Waals surface area contributed by atoms with E-state index in [-0.39, 0.29) is 30.7 Å².